The summed E-state index contributed by atoms with van der Waals surface area (Å²) in [4.78, 5) is 13.1. The van der Waals surface area contributed by atoms with Crippen molar-refractivity contribution in [2.24, 2.45) is 0 Å². The van der Waals surface area contributed by atoms with Gasteiger partial charge in [-0.2, -0.15) is 0 Å². The molecule has 0 aromatic carbocycles. The fourth-order valence-electron chi connectivity index (χ4n) is 1.51. The zero-order valence-corrected chi connectivity index (χ0v) is 6.67. The van der Waals surface area contributed by atoms with Crippen molar-refractivity contribution in [3.63, 3.8) is 0 Å². The summed E-state index contributed by atoms with van der Waals surface area (Å²) in [5, 5.41) is 6.91. The van der Waals surface area contributed by atoms with E-state index < -0.39 is 5.76 Å². The SMILES string of the molecule is O=c1[nH]c(C[C@@H]2CCCN2)no1. The molecule has 5 nitrogen and oxygen atoms in total. The molecule has 1 fully saturated rings. The van der Waals surface area contributed by atoms with Gasteiger partial charge in [-0.05, 0) is 19.4 Å². The summed E-state index contributed by atoms with van der Waals surface area (Å²) in [7, 11) is 0. The zero-order chi connectivity index (χ0) is 8.39. The maximum atomic E-state index is 10.6. The molecule has 1 aliphatic heterocycles. The molecule has 2 heterocycles. The first-order valence-electron chi connectivity index (χ1n) is 4.13. The molecule has 0 amide bonds. The first-order valence-corrected chi connectivity index (χ1v) is 4.13. The fourth-order valence-corrected chi connectivity index (χ4v) is 1.51. The van der Waals surface area contributed by atoms with Crippen molar-refractivity contribution in [2.45, 2.75) is 25.3 Å². The second-order valence-electron chi connectivity index (χ2n) is 3.04. The van der Waals surface area contributed by atoms with Crippen LogP contribution in [0.2, 0.25) is 0 Å². The summed E-state index contributed by atoms with van der Waals surface area (Å²) in [5.74, 6) is 0.169. The third-order valence-corrected chi connectivity index (χ3v) is 2.09. The number of H-pyrrole nitrogens is 1. The molecule has 5 heteroatoms. The lowest BCUT2D eigenvalue weighted by Gasteiger charge is -2.04. The molecule has 2 rings (SSSR count). The molecule has 12 heavy (non-hydrogen) atoms. The van der Waals surface area contributed by atoms with Gasteiger partial charge in [-0.3, -0.25) is 9.51 Å². The Morgan fingerprint density at radius 1 is 1.67 bits per heavy atom. The lowest BCUT2D eigenvalue weighted by atomic mass is 10.1. The van der Waals surface area contributed by atoms with Gasteiger partial charge in [0.15, 0.2) is 5.82 Å². The fraction of sp³-hybridized carbons (Fsp3) is 0.714. The Morgan fingerprint density at radius 3 is 3.17 bits per heavy atom. The van der Waals surface area contributed by atoms with E-state index in [1.807, 2.05) is 0 Å². The summed E-state index contributed by atoms with van der Waals surface area (Å²) >= 11 is 0. The first-order chi connectivity index (χ1) is 5.84. The molecule has 66 valence electrons. The topological polar surface area (TPSA) is 70.9 Å². The van der Waals surface area contributed by atoms with Gasteiger partial charge in [0.2, 0.25) is 0 Å². The van der Waals surface area contributed by atoms with Gasteiger partial charge in [0.1, 0.15) is 0 Å². The average molecular weight is 169 g/mol. The van der Waals surface area contributed by atoms with Gasteiger partial charge < -0.3 is 5.32 Å². The van der Waals surface area contributed by atoms with E-state index in [1.54, 1.807) is 0 Å². The van der Waals surface area contributed by atoms with Crippen LogP contribution in [0.25, 0.3) is 0 Å². The van der Waals surface area contributed by atoms with E-state index in [2.05, 4.69) is 20.0 Å². The van der Waals surface area contributed by atoms with Crippen molar-refractivity contribution in [2.75, 3.05) is 6.54 Å². The molecule has 0 radical (unpaired) electrons. The van der Waals surface area contributed by atoms with Crippen molar-refractivity contribution in [1.29, 1.82) is 0 Å². The highest BCUT2D eigenvalue weighted by atomic mass is 16.5. The van der Waals surface area contributed by atoms with Crippen molar-refractivity contribution >= 4 is 0 Å². The minimum absolute atomic E-state index is 0.450. The van der Waals surface area contributed by atoms with Crippen LogP contribution < -0.4 is 11.1 Å². The molecule has 0 unspecified atom stereocenters. The van der Waals surface area contributed by atoms with E-state index in [4.69, 9.17) is 0 Å². The van der Waals surface area contributed by atoms with Gasteiger partial charge in [-0.15, -0.1) is 0 Å². The summed E-state index contributed by atoms with van der Waals surface area (Å²) in [6.07, 6.45) is 3.10. The van der Waals surface area contributed by atoms with Gasteiger partial charge in [-0.1, -0.05) is 5.16 Å². The van der Waals surface area contributed by atoms with E-state index in [0.29, 0.717) is 11.9 Å². The third kappa shape index (κ3) is 1.55. The van der Waals surface area contributed by atoms with Gasteiger partial charge in [0.05, 0.1) is 0 Å². The molecule has 1 saturated heterocycles. The number of rotatable bonds is 2. The second-order valence-corrected chi connectivity index (χ2v) is 3.04. The second kappa shape index (κ2) is 3.10. The van der Waals surface area contributed by atoms with Crippen LogP contribution in [0.4, 0.5) is 0 Å². The predicted octanol–water partition coefficient (Wildman–Crippen LogP) is -0.343. The average Bonchev–Trinajstić information content (AvgIpc) is 2.63. The quantitative estimate of drug-likeness (QED) is 0.635. The summed E-state index contributed by atoms with van der Waals surface area (Å²) in [6.45, 7) is 1.06. The van der Waals surface area contributed by atoms with E-state index in [9.17, 15) is 4.79 Å². The van der Waals surface area contributed by atoms with Gasteiger partial charge >= 0.3 is 5.76 Å². The molecule has 2 N–H and O–H groups in total. The van der Waals surface area contributed by atoms with E-state index in [-0.39, 0.29) is 0 Å². The number of hydrogen-bond donors (Lipinski definition) is 2. The minimum Gasteiger partial charge on any atom is -0.314 e. The number of aromatic nitrogens is 2. The Labute approximate surface area is 69.1 Å². The number of nitrogens with zero attached hydrogens (tertiary/aromatic N) is 1. The third-order valence-electron chi connectivity index (χ3n) is 2.09. The zero-order valence-electron chi connectivity index (χ0n) is 6.67. The Balaban J connectivity index is 1.98. The normalized spacial score (nSPS) is 23.2. The maximum absolute atomic E-state index is 10.6. The van der Waals surface area contributed by atoms with Crippen molar-refractivity contribution in [3.8, 4) is 0 Å². The van der Waals surface area contributed by atoms with Gasteiger partial charge in [0, 0.05) is 12.5 Å². The molecule has 0 spiro atoms. The molecule has 0 bridgehead atoms. The van der Waals surface area contributed by atoms with E-state index in [1.165, 1.54) is 6.42 Å². The van der Waals surface area contributed by atoms with Crippen molar-refractivity contribution in [3.05, 3.63) is 16.4 Å². The van der Waals surface area contributed by atoms with Gasteiger partial charge in [-0.25, -0.2) is 4.79 Å². The van der Waals surface area contributed by atoms with Crippen LogP contribution in [0.3, 0.4) is 0 Å². The molecule has 0 saturated carbocycles. The Kier molecular flexibility index (Phi) is 1.95. The van der Waals surface area contributed by atoms with Gasteiger partial charge in [0.25, 0.3) is 0 Å². The first kappa shape index (κ1) is 7.54. The van der Waals surface area contributed by atoms with Crippen LogP contribution in [-0.2, 0) is 6.42 Å². The maximum Gasteiger partial charge on any atom is 0.438 e. The largest absolute Gasteiger partial charge is 0.438 e. The molecule has 1 aliphatic rings. The molecule has 1 aromatic heterocycles. The van der Waals surface area contributed by atoms with Crippen molar-refractivity contribution < 1.29 is 4.52 Å². The number of hydrogen-bond acceptors (Lipinski definition) is 4. The van der Waals surface area contributed by atoms with E-state index in [0.717, 1.165) is 19.4 Å². The smallest absolute Gasteiger partial charge is 0.314 e. The molecule has 0 aliphatic carbocycles. The van der Waals surface area contributed by atoms with Crippen LogP contribution in [0, 0.1) is 0 Å². The lowest BCUT2D eigenvalue weighted by molar-refractivity contribution is 0.379. The molecular weight excluding hydrogens is 158 g/mol. The highest BCUT2D eigenvalue weighted by molar-refractivity contribution is 4.87. The van der Waals surface area contributed by atoms with Crippen molar-refractivity contribution in [1.82, 2.24) is 15.5 Å². The van der Waals surface area contributed by atoms with Crippen LogP contribution in [-0.4, -0.2) is 22.7 Å². The predicted molar refractivity (Wildman–Crippen MR) is 41.9 cm³/mol. The highest BCUT2D eigenvalue weighted by Gasteiger charge is 2.16. The Morgan fingerprint density at radius 2 is 2.58 bits per heavy atom. The standard InChI is InChI=1S/C7H11N3O2/c11-7-9-6(10-12-7)4-5-2-1-3-8-5/h5,8H,1-4H2,(H,9,10,11)/t5-/m0/s1. The van der Waals surface area contributed by atoms with E-state index >= 15 is 0 Å². The highest BCUT2D eigenvalue weighted by Crippen LogP contribution is 2.08. The van der Waals surface area contributed by atoms with Crippen LogP contribution in [0.5, 0.6) is 0 Å². The lowest BCUT2D eigenvalue weighted by Crippen LogP contribution is -2.24. The van der Waals surface area contributed by atoms with Crippen LogP contribution in [0.1, 0.15) is 18.7 Å². The van der Waals surface area contributed by atoms with Crippen LogP contribution in [0.15, 0.2) is 9.32 Å². The van der Waals surface area contributed by atoms with Crippen LogP contribution >= 0.6 is 0 Å². The monoisotopic (exact) mass is 169 g/mol. The summed E-state index contributed by atoms with van der Waals surface area (Å²) < 4.78 is 4.39. The minimum atomic E-state index is -0.469. The number of aromatic amines is 1. The summed E-state index contributed by atoms with van der Waals surface area (Å²) in [6, 6.07) is 0.450. The molecular formula is C7H11N3O2. The molecule has 1 atom stereocenters. The number of nitrogens with one attached hydrogen (secondary N) is 2. The molecule has 1 aromatic rings. The summed E-state index contributed by atoms with van der Waals surface area (Å²) in [5.41, 5.74) is 0. The Bertz CT molecular complexity index is 298. The Hall–Kier alpha value is -1.10.